The zero-order valence-corrected chi connectivity index (χ0v) is 21.0. The first kappa shape index (κ1) is 24.1. The number of hydrogen-bond acceptors (Lipinski definition) is 6. The second-order valence-corrected chi connectivity index (χ2v) is 10.2. The van der Waals surface area contributed by atoms with E-state index >= 15 is 4.39 Å². The molecule has 194 valence electrons. The largest absolute Gasteiger partial charge is 0.486 e. The van der Waals surface area contributed by atoms with E-state index in [9.17, 15) is 14.4 Å². The smallest absolute Gasteiger partial charge is 0.251 e. The van der Waals surface area contributed by atoms with Crippen LogP contribution in [0.15, 0.2) is 42.5 Å². The molecule has 4 heterocycles. The number of rotatable bonds is 2. The van der Waals surface area contributed by atoms with Crippen molar-refractivity contribution in [2.45, 2.75) is 38.2 Å². The molecule has 1 aromatic heterocycles. The third-order valence-electron chi connectivity index (χ3n) is 7.87. The van der Waals surface area contributed by atoms with Crippen molar-refractivity contribution in [2.24, 2.45) is 0 Å². The van der Waals surface area contributed by atoms with Crippen LogP contribution >= 0.6 is 0 Å². The van der Waals surface area contributed by atoms with E-state index in [0.29, 0.717) is 66.9 Å². The van der Waals surface area contributed by atoms with Crippen LogP contribution < -0.4 is 15.8 Å². The van der Waals surface area contributed by atoms with Gasteiger partial charge in [0.25, 0.3) is 5.91 Å². The molecule has 0 aliphatic carbocycles. The van der Waals surface area contributed by atoms with Crippen molar-refractivity contribution in [1.29, 1.82) is 0 Å². The van der Waals surface area contributed by atoms with Gasteiger partial charge in [-0.2, -0.15) is 4.39 Å². The fourth-order valence-corrected chi connectivity index (χ4v) is 5.70. The SMILES string of the molecule is CC(=O)N1CCC2(CC1)CC(=O)c1cc(-c3cc(-c4ccc5c(c4)CCNC5=O)c(N)nc3F)ccc1O2. The van der Waals surface area contributed by atoms with E-state index in [1.807, 2.05) is 6.07 Å². The third-order valence-corrected chi connectivity index (χ3v) is 7.87. The fourth-order valence-electron chi connectivity index (χ4n) is 5.70. The number of aromatic nitrogens is 1. The molecule has 0 bridgehead atoms. The lowest BCUT2D eigenvalue weighted by Gasteiger charge is -2.43. The van der Waals surface area contributed by atoms with E-state index in [4.69, 9.17) is 10.5 Å². The lowest BCUT2D eigenvalue weighted by atomic mass is 9.82. The van der Waals surface area contributed by atoms with Gasteiger partial charge >= 0.3 is 0 Å². The number of carbonyl (C=O) groups is 3. The molecule has 38 heavy (non-hydrogen) atoms. The number of benzene rings is 2. The Morgan fingerprint density at radius 1 is 1.03 bits per heavy atom. The van der Waals surface area contributed by atoms with Crippen LogP contribution in [0.2, 0.25) is 0 Å². The van der Waals surface area contributed by atoms with Gasteiger partial charge in [0.1, 0.15) is 17.2 Å². The maximum atomic E-state index is 15.1. The standard InChI is InChI=1S/C29H27FN4O4/c1-16(35)34-10-7-29(8-11-34)15-24(36)23-13-18(3-5-25(23)38-29)21-14-22(27(31)33-26(21)30)17-2-4-20-19(12-17)6-9-32-28(20)37/h2-5,12-14H,6-11,15H2,1H3,(H2,31,33)(H,32,37). The predicted molar refractivity (Wildman–Crippen MR) is 139 cm³/mol. The summed E-state index contributed by atoms with van der Waals surface area (Å²) < 4.78 is 21.4. The summed E-state index contributed by atoms with van der Waals surface area (Å²) in [4.78, 5) is 42.8. The van der Waals surface area contributed by atoms with Gasteiger partial charge in [0.15, 0.2) is 5.78 Å². The summed E-state index contributed by atoms with van der Waals surface area (Å²) in [7, 11) is 0. The molecule has 3 aliphatic heterocycles. The summed E-state index contributed by atoms with van der Waals surface area (Å²) in [6, 6.07) is 12.1. The average Bonchev–Trinajstić information content (AvgIpc) is 2.89. The molecule has 2 amide bonds. The number of anilines is 1. The Morgan fingerprint density at radius 3 is 2.53 bits per heavy atom. The summed E-state index contributed by atoms with van der Waals surface area (Å²) in [6.07, 6.45) is 2.08. The molecule has 1 spiro atoms. The molecule has 3 aliphatic rings. The van der Waals surface area contributed by atoms with Crippen molar-refractivity contribution in [3.05, 3.63) is 65.1 Å². The topological polar surface area (TPSA) is 115 Å². The van der Waals surface area contributed by atoms with Crippen LogP contribution in [0.1, 0.15) is 52.5 Å². The van der Waals surface area contributed by atoms with Crippen LogP contribution in [0.25, 0.3) is 22.3 Å². The van der Waals surface area contributed by atoms with E-state index in [1.165, 1.54) is 0 Å². The van der Waals surface area contributed by atoms with Crippen LogP contribution in [-0.4, -0.2) is 52.7 Å². The maximum Gasteiger partial charge on any atom is 0.251 e. The average molecular weight is 515 g/mol. The molecule has 2 aromatic carbocycles. The Labute approximate surface area is 219 Å². The number of carbonyl (C=O) groups excluding carboxylic acids is 3. The number of nitrogens with one attached hydrogen (secondary N) is 1. The van der Waals surface area contributed by atoms with Crippen LogP contribution in [0.5, 0.6) is 5.75 Å². The second-order valence-electron chi connectivity index (χ2n) is 10.2. The van der Waals surface area contributed by atoms with Crippen molar-refractivity contribution in [3.63, 3.8) is 0 Å². The number of piperidine rings is 1. The number of Topliss-reactive ketones (excluding diaryl/α,β-unsaturated/α-hetero) is 1. The zero-order chi connectivity index (χ0) is 26.6. The zero-order valence-electron chi connectivity index (χ0n) is 21.0. The number of halogens is 1. The van der Waals surface area contributed by atoms with E-state index in [2.05, 4.69) is 10.3 Å². The summed E-state index contributed by atoms with van der Waals surface area (Å²) in [5.74, 6) is -0.384. The Bertz CT molecular complexity index is 1510. The molecular weight excluding hydrogens is 487 g/mol. The number of pyridine rings is 1. The third kappa shape index (κ3) is 4.08. The van der Waals surface area contributed by atoms with Crippen molar-refractivity contribution in [3.8, 4) is 28.0 Å². The van der Waals surface area contributed by atoms with Gasteiger partial charge in [0, 0.05) is 56.1 Å². The molecular formula is C29H27FN4O4. The van der Waals surface area contributed by atoms with Gasteiger partial charge in [0.2, 0.25) is 11.9 Å². The molecule has 0 radical (unpaired) electrons. The summed E-state index contributed by atoms with van der Waals surface area (Å²) in [6.45, 7) is 3.20. The number of nitrogens with zero attached hydrogens (tertiary/aromatic N) is 2. The van der Waals surface area contributed by atoms with Gasteiger partial charge in [-0.3, -0.25) is 14.4 Å². The summed E-state index contributed by atoms with van der Waals surface area (Å²) in [5.41, 5.74) is 9.41. The van der Waals surface area contributed by atoms with Crippen LogP contribution in [-0.2, 0) is 11.2 Å². The predicted octanol–water partition coefficient (Wildman–Crippen LogP) is 3.77. The van der Waals surface area contributed by atoms with Crippen molar-refractivity contribution >= 4 is 23.4 Å². The summed E-state index contributed by atoms with van der Waals surface area (Å²) in [5, 5.41) is 2.82. The molecule has 0 unspecified atom stereocenters. The van der Waals surface area contributed by atoms with Gasteiger partial charge < -0.3 is 20.7 Å². The van der Waals surface area contributed by atoms with Crippen LogP contribution in [0.3, 0.4) is 0 Å². The minimum absolute atomic E-state index is 0.0198. The normalized spacial score (nSPS) is 17.9. The van der Waals surface area contributed by atoms with Crippen LogP contribution in [0, 0.1) is 5.95 Å². The lowest BCUT2D eigenvalue weighted by Crippen LogP contribution is -2.51. The quantitative estimate of drug-likeness (QED) is 0.503. The molecule has 0 saturated carbocycles. The molecule has 3 aromatic rings. The molecule has 8 nitrogen and oxygen atoms in total. The van der Waals surface area contributed by atoms with E-state index in [1.54, 1.807) is 48.2 Å². The van der Waals surface area contributed by atoms with Crippen molar-refractivity contribution < 1.29 is 23.5 Å². The van der Waals surface area contributed by atoms with Gasteiger partial charge in [-0.15, -0.1) is 0 Å². The Kier molecular flexibility index (Phi) is 5.66. The van der Waals surface area contributed by atoms with Gasteiger partial charge in [0.05, 0.1) is 12.0 Å². The first-order valence-corrected chi connectivity index (χ1v) is 12.7. The van der Waals surface area contributed by atoms with E-state index in [-0.39, 0.29) is 35.4 Å². The molecule has 9 heteroatoms. The minimum Gasteiger partial charge on any atom is -0.486 e. The maximum absolute atomic E-state index is 15.1. The number of ketones is 1. The minimum atomic E-state index is -0.735. The van der Waals surface area contributed by atoms with Crippen LogP contribution in [0.4, 0.5) is 10.2 Å². The van der Waals surface area contributed by atoms with E-state index < -0.39 is 11.5 Å². The van der Waals surface area contributed by atoms with Crippen molar-refractivity contribution in [2.75, 3.05) is 25.4 Å². The van der Waals surface area contributed by atoms with E-state index in [0.717, 1.165) is 11.1 Å². The highest BCUT2D eigenvalue weighted by atomic mass is 19.1. The highest BCUT2D eigenvalue weighted by molar-refractivity contribution is 6.02. The second kappa shape index (κ2) is 8.93. The Morgan fingerprint density at radius 2 is 1.76 bits per heavy atom. The lowest BCUT2D eigenvalue weighted by molar-refractivity contribution is -0.132. The number of hydrogen-bond donors (Lipinski definition) is 2. The van der Waals surface area contributed by atoms with Gasteiger partial charge in [-0.05, 0) is 47.4 Å². The molecule has 1 fully saturated rings. The number of nitrogen functional groups attached to an aromatic ring is 1. The molecule has 6 rings (SSSR count). The number of nitrogens with two attached hydrogens (primary N) is 1. The number of ether oxygens (including phenoxy) is 1. The molecule has 1 saturated heterocycles. The fraction of sp³-hybridized carbons (Fsp3) is 0.310. The number of likely N-dealkylation sites (tertiary alicyclic amines) is 1. The first-order valence-electron chi connectivity index (χ1n) is 12.7. The highest BCUT2D eigenvalue weighted by Crippen LogP contribution is 2.41. The number of fused-ring (bicyclic) bond motifs is 2. The Hall–Kier alpha value is -4.27. The molecule has 3 N–H and O–H groups in total. The summed E-state index contributed by atoms with van der Waals surface area (Å²) >= 11 is 0. The highest BCUT2D eigenvalue weighted by Gasteiger charge is 2.43. The first-order chi connectivity index (χ1) is 18.2. The van der Waals surface area contributed by atoms with Gasteiger partial charge in [-0.25, -0.2) is 4.98 Å². The van der Waals surface area contributed by atoms with Crippen molar-refractivity contribution in [1.82, 2.24) is 15.2 Å². The monoisotopic (exact) mass is 514 g/mol. The molecule has 0 atom stereocenters. The van der Waals surface area contributed by atoms with Gasteiger partial charge in [-0.1, -0.05) is 18.2 Å². The Balaban J connectivity index is 1.33. The number of amides is 2.